The zero-order valence-electron chi connectivity index (χ0n) is 10.5. The van der Waals surface area contributed by atoms with Gasteiger partial charge in [-0.1, -0.05) is 6.07 Å². The molecule has 1 unspecified atom stereocenters. The van der Waals surface area contributed by atoms with Crippen LogP contribution in [0.4, 0.5) is 11.4 Å². The molecule has 0 bridgehead atoms. The van der Waals surface area contributed by atoms with Crippen molar-refractivity contribution in [2.75, 3.05) is 11.9 Å². The minimum Gasteiger partial charge on any atom is -0.477 e. The molecule has 1 rings (SSSR count). The van der Waals surface area contributed by atoms with Crippen molar-refractivity contribution in [3.05, 3.63) is 33.9 Å². The number of aliphatic hydroxyl groups excluding tert-OH is 1. The van der Waals surface area contributed by atoms with Gasteiger partial charge in [-0.05, 0) is 31.9 Å². The summed E-state index contributed by atoms with van der Waals surface area (Å²) >= 11 is 0. The number of carbonyl (C=O) groups is 1. The summed E-state index contributed by atoms with van der Waals surface area (Å²) in [7, 11) is 0. The van der Waals surface area contributed by atoms with Crippen LogP contribution >= 0.6 is 0 Å². The van der Waals surface area contributed by atoms with E-state index < -0.39 is 22.7 Å². The Hall–Kier alpha value is -2.15. The second-order valence-electron chi connectivity index (χ2n) is 4.18. The second-order valence-corrected chi connectivity index (χ2v) is 4.18. The van der Waals surface area contributed by atoms with Crippen LogP contribution in [0.2, 0.25) is 0 Å². The number of anilines is 1. The van der Waals surface area contributed by atoms with Gasteiger partial charge in [0.15, 0.2) is 0 Å². The lowest BCUT2D eigenvalue weighted by molar-refractivity contribution is -0.384. The topological polar surface area (TPSA) is 113 Å². The number of rotatable bonds is 7. The molecule has 7 nitrogen and oxygen atoms in total. The van der Waals surface area contributed by atoms with Crippen molar-refractivity contribution in [2.24, 2.45) is 0 Å². The molecule has 0 radical (unpaired) electrons. The lowest BCUT2D eigenvalue weighted by Gasteiger charge is -2.09. The summed E-state index contributed by atoms with van der Waals surface area (Å²) in [5, 5.41) is 31.8. The number of nitro benzene ring substituents is 1. The van der Waals surface area contributed by atoms with Gasteiger partial charge < -0.3 is 15.5 Å². The van der Waals surface area contributed by atoms with Crippen molar-refractivity contribution < 1.29 is 19.9 Å². The highest BCUT2D eigenvalue weighted by Gasteiger charge is 2.23. The number of benzene rings is 1. The average Bonchev–Trinajstić information content (AvgIpc) is 2.33. The Kier molecular flexibility index (Phi) is 5.25. The minimum absolute atomic E-state index is 0.176. The summed E-state index contributed by atoms with van der Waals surface area (Å²) in [6.45, 7) is 2.09. The predicted octanol–water partition coefficient (Wildman–Crippen LogP) is 1.87. The lowest BCUT2D eigenvalue weighted by atomic mass is 10.1. The molecule has 1 aromatic carbocycles. The first-order valence-electron chi connectivity index (χ1n) is 5.86. The first-order valence-corrected chi connectivity index (χ1v) is 5.86. The Labute approximate surface area is 110 Å². The molecule has 7 heteroatoms. The number of aromatic carboxylic acids is 1. The van der Waals surface area contributed by atoms with E-state index in [-0.39, 0.29) is 11.3 Å². The molecule has 3 N–H and O–H groups in total. The quantitative estimate of drug-likeness (QED) is 0.395. The van der Waals surface area contributed by atoms with E-state index in [1.807, 2.05) is 0 Å². The maximum absolute atomic E-state index is 11.0. The molecule has 104 valence electrons. The number of para-hydroxylation sites is 1. The highest BCUT2D eigenvalue weighted by Crippen LogP contribution is 2.28. The molecule has 0 aliphatic heterocycles. The first kappa shape index (κ1) is 14.9. The van der Waals surface area contributed by atoms with E-state index in [9.17, 15) is 14.9 Å². The highest BCUT2D eigenvalue weighted by atomic mass is 16.6. The van der Waals surface area contributed by atoms with Crippen LogP contribution in [0.1, 0.15) is 30.1 Å². The van der Waals surface area contributed by atoms with Crippen LogP contribution in [0.25, 0.3) is 0 Å². The molecule has 0 aliphatic rings. The van der Waals surface area contributed by atoms with Gasteiger partial charge in [0.25, 0.3) is 0 Å². The van der Waals surface area contributed by atoms with E-state index in [2.05, 4.69) is 5.32 Å². The minimum atomic E-state index is -1.33. The molecule has 0 spiro atoms. The second kappa shape index (κ2) is 6.69. The monoisotopic (exact) mass is 268 g/mol. The number of hydrogen-bond donors (Lipinski definition) is 3. The van der Waals surface area contributed by atoms with Gasteiger partial charge >= 0.3 is 11.7 Å². The molecule has 0 saturated carbocycles. The van der Waals surface area contributed by atoms with Crippen molar-refractivity contribution in [1.82, 2.24) is 0 Å². The summed E-state index contributed by atoms with van der Waals surface area (Å²) in [5.41, 5.74) is -0.604. The Balaban J connectivity index is 2.85. The van der Waals surface area contributed by atoms with Gasteiger partial charge in [0.1, 0.15) is 11.3 Å². The normalized spacial score (nSPS) is 11.9. The van der Waals surface area contributed by atoms with Crippen LogP contribution in [-0.4, -0.2) is 33.8 Å². The third kappa shape index (κ3) is 4.22. The smallest absolute Gasteiger partial charge is 0.342 e. The average molecular weight is 268 g/mol. The summed E-state index contributed by atoms with van der Waals surface area (Å²) in [5.74, 6) is -1.33. The molecule has 0 aromatic heterocycles. The SMILES string of the molecule is CC(O)CCCNc1cccc(C(=O)O)c1[N+](=O)[O-]. The van der Waals surface area contributed by atoms with Crippen molar-refractivity contribution >= 4 is 17.3 Å². The molecule has 0 fully saturated rings. The van der Waals surface area contributed by atoms with Crippen molar-refractivity contribution in [3.8, 4) is 0 Å². The van der Waals surface area contributed by atoms with E-state index in [0.717, 1.165) is 0 Å². The van der Waals surface area contributed by atoms with Crippen LogP contribution in [0.5, 0.6) is 0 Å². The maximum atomic E-state index is 11.0. The Morgan fingerprint density at radius 3 is 2.74 bits per heavy atom. The molecule has 0 heterocycles. The van der Waals surface area contributed by atoms with Crippen molar-refractivity contribution in [1.29, 1.82) is 0 Å². The van der Waals surface area contributed by atoms with Gasteiger partial charge in [0.2, 0.25) is 0 Å². The van der Waals surface area contributed by atoms with Crippen molar-refractivity contribution in [2.45, 2.75) is 25.9 Å². The predicted molar refractivity (Wildman–Crippen MR) is 69.5 cm³/mol. The largest absolute Gasteiger partial charge is 0.477 e. The van der Waals surface area contributed by atoms with E-state index in [1.165, 1.54) is 18.2 Å². The van der Waals surface area contributed by atoms with E-state index in [1.54, 1.807) is 6.92 Å². The third-order valence-electron chi connectivity index (χ3n) is 2.56. The molecule has 19 heavy (non-hydrogen) atoms. The van der Waals surface area contributed by atoms with Gasteiger partial charge in [-0.25, -0.2) is 4.79 Å². The van der Waals surface area contributed by atoms with Crippen LogP contribution in [0.3, 0.4) is 0 Å². The number of carboxylic acids is 1. The van der Waals surface area contributed by atoms with E-state index in [0.29, 0.717) is 19.4 Å². The number of nitro groups is 1. The van der Waals surface area contributed by atoms with Crippen LogP contribution in [0, 0.1) is 10.1 Å². The number of nitrogens with zero attached hydrogens (tertiary/aromatic N) is 1. The fourth-order valence-electron chi connectivity index (χ4n) is 1.68. The number of aliphatic hydroxyl groups is 1. The number of carboxylic acid groups (broad SMARTS) is 1. The zero-order chi connectivity index (χ0) is 14.4. The summed E-state index contributed by atoms with van der Waals surface area (Å²) in [6, 6.07) is 4.11. The molecular formula is C12H16N2O5. The van der Waals surface area contributed by atoms with Gasteiger partial charge in [-0.2, -0.15) is 0 Å². The van der Waals surface area contributed by atoms with Crippen LogP contribution in [-0.2, 0) is 0 Å². The molecule has 1 atom stereocenters. The Bertz CT molecular complexity index is 473. The molecular weight excluding hydrogens is 252 g/mol. The highest BCUT2D eigenvalue weighted by molar-refractivity contribution is 5.95. The molecule has 1 aromatic rings. The van der Waals surface area contributed by atoms with E-state index >= 15 is 0 Å². The molecule has 0 saturated heterocycles. The third-order valence-corrected chi connectivity index (χ3v) is 2.56. The zero-order valence-corrected chi connectivity index (χ0v) is 10.5. The fourth-order valence-corrected chi connectivity index (χ4v) is 1.68. The molecule has 0 amide bonds. The van der Waals surface area contributed by atoms with Gasteiger partial charge in [-0.15, -0.1) is 0 Å². The van der Waals surface area contributed by atoms with Gasteiger partial charge in [0, 0.05) is 6.54 Å². The van der Waals surface area contributed by atoms with Gasteiger partial charge in [-0.3, -0.25) is 10.1 Å². The first-order chi connectivity index (χ1) is 8.93. The Morgan fingerprint density at radius 2 is 2.21 bits per heavy atom. The number of nitrogens with one attached hydrogen (secondary N) is 1. The lowest BCUT2D eigenvalue weighted by Crippen LogP contribution is -2.10. The molecule has 0 aliphatic carbocycles. The Morgan fingerprint density at radius 1 is 1.53 bits per heavy atom. The van der Waals surface area contributed by atoms with Crippen molar-refractivity contribution in [3.63, 3.8) is 0 Å². The summed E-state index contributed by atoms with van der Waals surface area (Å²) < 4.78 is 0. The van der Waals surface area contributed by atoms with Crippen LogP contribution in [0.15, 0.2) is 18.2 Å². The summed E-state index contributed by atoms with van der Waals surface area (Å²) in [4.78, 5) is 21.2. The maximum Gasteiger partial charge on any atom is 0.342 e. The van der Waals surface area contributed by atoms with Crippen LogP contribution < -0.4 is 5.32 Å². The van der Waals surface area contributed by atoms with Gasteiger partial charge in [0.05, 0.1) is 11.0 Å². The standard InChI is InChI=1S/C12H16N2O5/c1-8(15)4-3-7-13-10-6-2-5-9(12(16)17)11(10)14(18)19/h2,5-6,8,13,15H,3-4,7H2,1H3,(H,16,17). The summed E-state index contributed by atoms with van der Waals surface area (Å²) in [6.07, 6.45) is 0.771. The number of hydrogen-bond acceptors (Lipinski definition) is 5. The van der Waals surface area contributed by atoms with E-state index in [4.69, 9.17) is 10.2 Å². The fraction of sp³-hybridized carbons (Fsp3) is 0.417.